The van der Waals surface area contributed by atoms with Gasteiger partial charge in [-0.25, -0.2) is 0 Å². The van der Waals surface area contributed by atoms with Crippen molar-refractivity contribution in [3.8, 4) is 0 Å². The second kappa shape index (κ2) is 6.88. The van der Waals surface area contributed by atoms with Crippen LogP contribution in [0, 0.1) is 0 Å². The summed E-state index contributed by atoms with van der Waals surface area (Å²) in [5.74, 6) is 0.353. The molecule has 1 aromatic carbocycles. The van der Waals surface area contributed by atoms with Crippen LogP contribution in [0.2, 0.25) is 0 Å². The number of amides is 1. The molecule has 1 amide bonds. The summed E-state index contributed by atoms with van der Waals surface area (Å²) in [4.78, 5) is 13.9. The van der Waals surface area contributed by atoms with E-state index in [9.17, 15) is 9.00 Å². The fraction of sp³-hybridized carbons (Fsp3) is 0.533. The van der Waals surface area contributed by atoms with E-state index < -0.39 is 10.8 Å². The second-order valence-electron chi connectivity index (χ2n) is 5.86. The molecule has 1 N–H and O–H groups in total. The Balaban J connectivity index is 2.49. The predicted molar refractivity (Wildman–Crippen MR) is 85.9 cm³/mol. The maximum atomic E-state index is 11.9. The molecule has 0 radical (unpaired) electrons. The first kappa shape index (κ1) is 16.7. The van der Waals surface area contributed by atoms with Gasteiger partial charge in [0.25, 0.3) is 5.91 Å². The molecule has 0 saturated heterocycles. The number of hydrogen-bond donors (Lipinski definition) is 1. The van der Waals surface area contributed by atoms with Crippen molar-refractivity contribution in [2.45, 2.75) is 25.5 Å². The maximum Gasteiger partial charge on any atom is 0.251 e. The molecule has 0 spiro atoms. The Kier molecular flexibility index (Phi) is 5.74. The predicted octanol–water partition coefficient (Wildman–Crippen LogP) is 2.03. The van der Waals surface area contributed by atoms with E-state index >= 15 is 0 Å². The third-order valence-corrected chi connectivity index (χ3v) is 4.84. The average molecular weight is 296 g/mol. The van der Waals surface area contributed by atoms with Crippen LogP contribution in [-0.4, -0.2) is 41.3 Å². The number of carbonyl (C=O) groups is 1. The first-order chi connectivity index (χ1) is 9.21. The minimum atomic E-state index is -0.941. The highest BCUT2D eigenvalue weighted by atomic mass is 32.2. The normalized spacial score (nSPS) is 12.8. The number of nitrogens with one attached hydrogen (secondary N) is 1. The summed E-state index contributed by atoms with van der Waals surface area (Å²) < 4.78 is 11.6. The van der Waals surface area contributed by atoms with Gasteiger partial charge in [-0.1, -0.05) is 0 Å². The molecule has 0 bridgehead atoms. The molecular formula is C15H24N2O2S. The van der Waals surface area contributed by atoms with Crippen molar-refractivity contribution >= 4 is 22.4 Å². The molecule has 0 aromatic heterocycles. The van der Waals surface area contributed by atoms with Crippen LogP contribution in [0.25, 0.3) is 0 Å². The van der Waals surface area contributed by atoms with Gasteiger partial charge in [0.1, 0.15) is 0 Å². The monoisotopic (exact) mass is 296 g/mol. The Hall–Kier alpha value is -1.36. The summed E-state index contributed by atoms with van der Waals surface area (Å²) >= 11 is 0. The number of benzene rings is 1. The van der Waals surface area contributed by atoms with E-state index in [0.717, 1.165) is 5.69 Å². The Morgan fingerprint density at radius 1 is 1.20 bits per heavy atom. The fourth-order valence-corrected chi connectivity index (χ4v) is 2.48. The van der Waals surface area contributed by atoms with Gasteiger partial charge in [0.05, 0.1) is 0 Å². The summed E-state index contributed by atoms with van der Waals surface area (Å²) in [7, 11) is 2.97. The maximum absolute atomic E-state index is 11.9. The van der Waals surface area contributed by atoms with Crippen LogP contribution in [0.4, 0.5) is 5.69 Å². The minimum absolute atomic E-state index is 0.124. The lowest BCUT2D eigenvalue weighted by atomic mass is 10.2. The smallest absolute Gasteiger partial charge is 0.251 e. The molecule has 0 heterocycles. The van der Waals surface area contributed by atoms with Crippen molar-refractivity contribution in [3.05, 3.63) is 29.8 Å². The minimum Gasteiger partial charge on any atom is -0.378 e. The molecule has 1 atom stereocenters. The molecule has 0 aliphatic rings. The number of hydrogen-bond acceptors (Lipinski definition) is 3. The lowest BCUT2D eigenvalue weighted by Crippen LogP contribution is -2.32. The Labute approximate surface area is 124 Å². The van der Waals surface area contributed by atoms with Crippen LogP contribution in [-0.2, 0) is 10.8 Å². The zero-order chi connectivity index (χ0) is 15.3. The van der Waals surface area contributed by atoms with E-state index in [1.54, 1.807) is 12.1 Å². The largest absolute Gasteiger partial charge is 0.378 e. The second-order valence-corrected chi connectivity index (χ2v) is 8.18. The lowest BCUT2D eigenvalue weighted by molar-refractivity contribution is 0.0956. The van der Waals surface area contributed by atoms with Crippen LogP contribution >= 0.6 is 0 Å². The molecule has 1 rings (SSSR count). The summed E-state index contributed by atoms with van der Waals surface area (Å²) in [6.07, 6.45) is 0. The molecule has 0 saturated carbocycles. The number of nitrogens with zero attached hydrogens (tertiary/aromatic N) is 1. The number of carbonyl (C=O) groups excluding carboxylic acids is 1. The lowest BCUT2D eigenvalue weighted by Gasteiger charge is -2.17. The molecule has 4 nitrogen and oxygen atoms in total. The van der Waals surface area contributed by atoms with Crippen molar-refractivity contribution in [1.29, 1.82) is 0 Å². The van der Waals surface area contributed by atoms with Crippen LogP contribution < -0.4 is 10.2 Å². The van der Waals surface area contributed by atoms with Crippen LogP contribution in [0.5, 0.6) is 0 Å². The molecule has 5 heteroatoms. The van der Waals surface area contributed by atoms with Crippen molar-refractivity contribution < 1.29 is 9.00 Å². The summed E-state index contributed by atoms with van der Waals surface area (Å²) in [5.41, 5.74) is 1.67. The van der Waals surface area contributed by atoms with Gasteiger partial charge in [0, 0.05) is 53.2 Å². The summed E-state index contributed by atoms with van der Waals surface area (Å²) in [6.45, 7) is 6.23. The van der Waals surface area contributed by atoms with E-state index in [1.165, 1.54) is 0 Å². The quantitative estimate of drug-likeness (QED) is 0.904. The van der Waals surface area contributed by atoms with Gasteiger partial charge in [-0.05, 0) is 45.0 Å². The van der Waals surface area contributed by atoms with Crippen molar-refractivity contribution in [1.82, 2.24) is 5.32 Å². The zero-order valence-electron chi connectivity index (χ0n) is 12.9. The molecule has 0 unspecified atom stereocenters. The van der Waals surface area contributed by atoms with Gasteiger partial charge in [-0.15, -0.1) is 0 Å². The van der Waals surface area contributed by atoms with Gasteiger partial charge < -0.3 is 10.2 Å². The van der Waals surface area contributed by atoms with Gasteiger partial charge in [0.15, 0.2) is 0 Å². The van der Waals surface area contributed by atoms with E-state index in [1.807, 2.05) is 51.9 Å². The average Bonchev–Trinajstić information content (AvgIpc) is 2.37. The van der Waals surface area contributed by atoms with Gasteiger partial charge in [0.2, 0.25) is 0 Å². The number of anilines is 1. The van der Waals surface area contributed by atoms with Crippen LogP contribution in [0.15, 0.2) is 24.3 Å². The van der Waals surface area contributed by atoms with Crippen molar-refractivity contribution in [2.75, 3.05) is 31.3 Å². The highest BCUT2D eigenvalue weighted by Crippen LogP contribution is 2.12. The first-order valence-electron chi connectivity index (χ1n) is 6.66. The SMILES string of the molecule is CN(C)c1ccc(C(=O)NCC[S@@](=O)C(C)(C)C)cc1. The van der Waals surface area contributed by atoms with Crippen LogP contribution in [0.1, 0.15) is 31.1 Å². The highest BCUT2D eigenvalue weighted by Gasteiger charge is 2.18. The topological polar surface area (TPSA) is 49.4 Å². The number of rotatable bonds is 5. The van der Waals surface area contributed by atoms with Crippen molar-refractivity contribution in [2.24, 2.45) is 0 Å². The first-order valence-corrected chi connectivity index (χ1v) is 7.98. The summed E-state index contributed by atoms with van der Waals surface area (Å²) in [6, 6.07) is 7.40. The molecule has 0 aliphatic carbocycles. The Morgan fingerprint density at radius 2 is 1.75 bits per heavy atom. The van der Waals surface area contributed by atoms with Crippen molar-refractivity contribution in [3.63, 3.8) is 0 Å². The molecule has 0 aliphatic heterocycles. The Bertz CT molecular complexity index is 476. The molecule has 20 heavy (non-hydrogen) atoms. The third-order valence-electron chi connectivity index (χ3n) is 2.90. The van der Waals surface area contributed by atoms with E-state index in [0.29, 0.717) is 17.9 Å². The standard InChI is InChI=1S/C15H24N2O2S/c1-15(2,3)20(19)11-10-16-14(18)12-6-8-13(9-7-12)17(4)5/h6-9H,10-11H2,1-5H3,(H,16,18)/t20-/m1/s1. The fourth-order valence-electron chi connectivity index (χ4n) is 1.58. The zero-order valence-corrected chi connectivity index (χ0v) is 13.7. The van der Waals surface area contributed by atoms with Gasteiger partial charge in [-0.3, -0.25) is 9.00 Å². The van der Waals surface area contributed by atoms with E-state index in [4.69, 9.17) is 0 Å². The molecule has 0 fully saturated rings. The summed E-state index contributed by atoms with van der Waals surface area (Å²) in [5, 5.41) is 2.81. The molecular weight excluding hydrogens is 272 g/mol. The molecule has 112 valence electrons. The highest BCUT2D eigenvalue weighted by molar-refractivity contribution is 7.86. The Morgan fingerprint density at radius 3 is 2.20 bits per heavy atom. The van der Waals surface area contributed by atoms with Gasteiger partial charge >= 0.3 is 0 Å². The van der Waals surface area contributed by atoms with Gasteiger partial charge in [-0.2, -0.15) is 0 Å². The molecule has 1 aromatic rings. The third kappa shape index (κ3) is 4.96. The van der Waals surface area contributed by atoms with E-state index in [2.05, 4.69) is 5.32 Å². The van der Waals surface area contributed by atoms with Crippen LogP contribution in [0.3, 0.4) is 0 Å². The van der Waals surface area contributed by atoms with E-state index in [-0.39, 0.29) is 10.7 Å².